The van der Waals surface area contributed by atoms with E-state index in [0.29, 0.717) is 13.1 Å². The highest BCUT2D eigenvalue weighted by atomic mass is 16.5. The predicted molar refractivity (Wildman–Crippen MR) is 107 cm³/mol. The number of carbonyl (C=O) groups is 2. The summed E-state index contributed by atoms with van der Waals surface area (Å²) in [6.45, 7) is 1.15. The number of rotatable bonds is 6. The number of amides is 2. The third-order valence-electron chi connectivity index (χ3n) is 5.06. The standard InChI is InChI=1S/C22H23N3O3/c26-21-15-28-14-20(25(21)13-16-6-2-1-3-7-16)22(27)23-11-10-17-12-24-19-9-5-4-8-18(17)19/h1-9,12,20,24H,10-11,13-15H2,(H,23,27)/t20-/m0/s1. The van der Waals surface area contributed by atoms with Crippen molar-refractivity contribution in [2.45, 2.75) is 19.0 Å². The van der Waals surface area contributed by atoms with E-state index < -0.39 is 6.04 Å². The quantitative estimate of drug-likeness (QED) is 0.692. The Morgan fingerprint density at radius 3 is 2.79 bits per heavy atom. The van der Waals surface area contributed by atoms with Gasteiger partial charge >= 0.3 is 0 Å². The Balaban J connectivity index is 1.38. The number of ether oxygens (including phenoxy) is 1. The summed E-state index contributed by atoms with van der Waals surface area (Å²) in [5.74, 6) is -0.337. The van der Waals surface area contributed by atoms with Crippen molar-refractivity contribution in [2.24, 2.45) is 0 Å². The van der Waals surface area contributed by atoms with Crippen LogP contribution in [-0.2, 0) is 27.3 Å². The van der Waals surface area contributed by atoms with Crippen molar-refractivity contribution in [1.82, 2.24) is 15.2 Å². The van der Waals surface area contributed by atoms with E-state index in [1.165, 1.54) is 5.39 Å². The molecule has 2 amide bonds. The Bertz CT molecular complexity index is 967. The van der Waals surface area contributed by atoms with Crippen LogP contribution >= 0.6 is 0 Å². The summed E-state index contributed by atoms with van der Waals surface area (Å²) >= 11 is 0. The fraction of sp³-hybridized carbons (Fsp3) is 0.273. The van der Waals surface area contributed by atoms with Crippen molar-refractivity contribution in [3.63, 3.8) is 0 Å². The van der Waals surface area contributed by atoms with Gasteiger partial charge in [-0.25, -0.2) is 0 Å². The highest BCUT2D eigenvalue weighted by Gasteiger charge is 2.33. The van der Waals surface area contributed by atoms with Gasteiger partial charge in [0.2, 0.25) is 11.8 Å². The Morgan fingerprint density at radius 2 is 1.93 bits per heavy atom. The van der Waals surface area contributed by atoms with Crippen molar-refractivity contribution in [3.8, 4) is 0 Å². The molecule has 1 aliphatic heterocycles. The number of H-pyrrole nitrogens is 1. The molecule has 0 bridgehead atoms. The van der Waals surface area contributed by atoms with Gasteiger partial charge in [-0.2, -0.15) is 0 Å². The second-order valence-corrected chi connectivity index (χ2v) is 6.94. The van der Waals surface area contributed by atoms with Crippen molar-refractivity contribution in [2.75, 3.05) is 19.8 Å². The van der Waals surface area contributed by atoms with Crippen LogP contribution in [0.2, 0.25) is 0 Å². The smallest absolute Gasteiger partial charge is 0.249 e. The molecule has 28 heavy (non-hydrogen) atoms. The molecule has 6 nitrogen and oxygen atoms in total. The van der Waals surface area contributed by atoms with Crippen molar-refractivity contribution >= 4 is 22.7 Å². The number of morpholine rings is 1. The first-order chi connectivity index (χ1) is 13.7. The van der Waals surface area contributed by atoms with E-state index in [2.05, 4.69) is 16.4 Å². The topological polar surface area (TPSA) is 74.4 Å². The second-order valence-electron chi connectivity index (χ2n) is 6.94. The molecule has 0 spiro atoms. The van der Waals surface area contributed by atoms with E-state index in [1.54, 1.807) is 4.90 Å². The Hall–Kier alpha value is -3.12. The van der Waals surface area contributed by atoms with Crippen LogP contribution in [-0.4, -0.2) is 47.5 Å². The molecule has 1 saturated heterocycles. The number of benzene rings is 2. The maximum absolute atomic E-state index is 12.7. The summed E-state index contributed by atoms with van der Waals surface area (Å²) in [7, 11) is 0. The van der Waals surface area contributed by atoms with Crippen LogP contribution in [0.1, 0.15) is 11.1 Å². The molecule has 2 heterocycles. The van der Waals surface area contributed by atoms with Gasteiger partial charge in [0.25, 0.3) is 0 Å². The van der Waals surface area contributed by atoms with E-state index >= 15 is 0 Å². The number of carbonyl (C=O) groups excluding carboxylic acids is 2. The van der Waals surface area contributed by atoms with Gasteiger partial charge in [0.05, 0.1) is 6.61 Å². The van der Waals surface area contributed by atoms with E-state index in [4.69, 9.17) is 4.74 Å². The van der Waals surface area contributed by atoms with Gasteiger partial charge < -0.3 is 19.9 Å². The van der Waals surface area contributed by atoms with Crippen LogP contribution < -0.4 is 5.32 Å². The van der Waals surface area contributed by atoms with E-state index in [-0.39, 0.29) is 25.0 Å². The third-order valence-corrected chi connectivity index (χ3v) is 5.06. The van der Waals surface area contributed by atoms with Crippen LogP contribution in [0.15, 0.2) is 60.8 Å². The van der Waals surface area contributed by atoms with Crippen LogP contribution in [0.4, 0.5) is 0 Å². The van der Waals surface area contributed by atoms with Crippen LogP contribution in [0.25, 0.3) is 10.9 Å². The van der Waals surface area contributed by atoms with Crippen molar-refractivity contribution in [1.29, 1.82) is 0 Å². The Labute approximate surface area is 163 Å². The number of para-hydroxylation sites is 1. The normalized spacial score (nSPS) is 17.1. The Kier molecular flexibility index (Phi) is 5.39. The molecule has 144 valence electrons. The minimum atomic E-state index is -0.607. The molecule has 6 heteroatoms. The minimum Gasteiger partial charge on any atom is -0.369 e. The van der Waals surface area contributed by atoms with Gasteiger partial charge in [0.15, 0.2) is 0 Å². The average molecular weight is 377 g/mol. The molecule has 1 aliphatic rings. The predicted octanol–water partition coefficient (Wildman–Crippen LogP) is 2.25. The monoisotopic (exact) mass is 377 g/mol. The summed E-state index contributed by atoms with van der Waals surface area (Å²) in [6.07, 6.45) is 2.70. The fourth-order valence-electron chi connectivity index (χ4n) is 3.58. The molecule has 3 aromatic rings. The molecule has 2 N–H and O–H groups in total. The molecule has 1 atom stereocenters. The molecule has 4 rings (SSSR count). The second kappa shape index (κ2) is 8.27. The SMILES string of the molecule is O=C(NCCc1c[nH]c2ccccc12)[C@@H]1COCC(=O)N1Cc1ccccc1. The Morgan fingerprint density at radius 1 is 1.14 bits per heavy atom. The van der Waals surface area contributed by atoms with Gasteiger partial charge in [0.1, 0.15) is 12.6 Å². The van der Waals surface area contributed by atoms with Gasteiger partial charge in [-0.3, -0.25) is 9.59 Å². The van der Waals surface area contributed by atoms with Crippen LogP contribution in [0.3, 0.4) is 0 Å². The molecule has 0 unspecified atom stereocenters. The van der Waals surface area contributed by atoms with E-state index in [1.807, 2.05) is 54.7 Å². The zero-order chi connectivity index (χ0) is 19.3. The van der Waals surface area contributed by atoms with E-state index in [9.17, 15) is 9.59 Å². The van der Waals surface area contributed by atoms with Gasteiger partial charge in [-0.15, -0.1) is 0 Å². The van der Waals surface area contributed by atoms with Crippen molar-refractivity contribution in [3.05, 3.63) is 71.9 Å². The highest BCUT2D eigenvalue weighted by Crippen LogP contribution is 2.18. The van der Waals surface area contributed by atoms with E-state index in [0.717, 1.165) is 23.1 Å². The first-order valence-corrected chi connectivity index (χ1v) is 9.46. The third kappa shape index (κ3) is 3.92. The summed E-state index contributed by atoms with van der Waals surface area (Å²) in [4.78, 5) is 29.9. The van der Waals surface area contributed by atoms with Crippen LogP contribution in [0, 0.1) is 0 Å². The number of hydrogen-bond donors (Lipinski definition) is 2. The molecule has 1 fully saturated rings. The number of hydrogen-bond acceptors (Lipinski definition) is 3. The largest absolute Gasteiger partial charge is 0.369 e. The van der Waals surface area contributed by atoms with Gasteiger partial charge in [-0.05, 0) is 23.6 Å². The molecule has 0 aliphatic carbocycles. The summed E-state index contributed by atoms with van der Waals surface area (Å²) in [6, 6.07) is 17.2. The lowest BCUT2D eigenvalue weighted by Crippen LogP contribution is -2.56. The summed E-state index contributed by atoms with van der Waals surface area (Å²) in [5, 5.41) is 4.13. The molecular weight excluding hydrogens is 354 g/mol. The summed E-state index contributed by atoms with van der Waals surface area (Å²) < 4.78 is 5.34. The highest BCUT2D eigenvalue weighted by molar-refractivity contribution is 5.89. The number of fused-ring (bicyclic) bond motifs is 1. The number of nitrogens with zero attached hydrogens (tertiary/aromatic N) is 1. The lowest BCUT2D eigenvalue weighted by Gasteiger charge is -2.34. The van der Waals surface area contributed by atoms with Crippen LogP contribution in [0.5, 0.6) is 0 Å². The first-order valence-electron chi connectivity index (χ1n) is 9.46. The number of aromatic nitrogens is 1. The van der Waals surface area contributed by atoms with Gasteiger partial charge in [0, 0.05) is 30.2 Å². The first kappa shape index (κ1) is 18.3. The maximum atomic E-state index is 12.7. The molecule has 0 saturated carbocycles. The lowest BCUT2D eigenvalue weighted by molar-refractivity contribution is -0.155. The molecular formula is C22H23N3O3. The zero-order valence-corrected chi connectivity index (χ0v) is 15.6. The molecule has 0 radical (unpaired) electrons. The molecule has 2 aromatic carbocycles. The van der Waals surface area contributed by atoms with Gasteiger partial charge in [-0.1, -0.05) is 48.5 Å². The average Bonchev–Trinajstić information content (AvgIpc) is 3.13. The minimum absolute atomic E-state index is 0.0198. The summed E-state index contributed by atoms with van der Waals surface area (Å²) in [5.41, 5.74) is 3.24. The fourth-order valence-corrected chi connectivity index (χ4v) is 3.58. The number of nitrogens with one attached hydrogen (secondary N) is 2. The molecule has 1 aromatic heterocycles. The zero-order valence-electron chi connectivity index (χ0n) is 15.6. The number of aromatic amines is 1. The lowest BCUT2D eigenvalue weighted by atomic mass is 10.1. The maximum Gasteiger partial charge on any atom is 0.249 e. The van der Waals surface area contributed by atoms with Crippen molar-refractivity contribution < 1.29 is 14.3 Å².